The number of aliphatic hydroxyl groups excluding tert-OH is 1. The molecule has 1 aromatic heterocycles. The largest absolute Gasteiger partial charge is 0.486 e. The maximum Gasteiger partial charge on any atom is 0.175 e. The zero-order valence-corrected chi connectivity index (χ0v) is 11.0. The highest BCUT2D eigenvalue weighted by Crippen LogP contribution is 2.36. The molecule has 0 fully saturated rings. The molecule has 1 aliphatic rings. The molecule has 0 spiro atoms. The molecule has 18 heavy (non-hydrogen) atoms. The summed E-state index contributed by atoms with van der Waals surface area (Å²) in [5, 5.41) is 10.3. The Morgan fingerprint density at radius 1 is 1.11 bits per heavy atom. The summed E-state index contributed by atoms with van der Waals surface area (Å²) in [4.78, 5) is 0. The first-order valence-corrected chi connectivity index (χ1v) is 6.35. The van der Waals surface area contributed by atoms with Gasteiger partial charge in [-0.25, -0.2) is 0 Å². The summed E-state index contributed by atoms with van der Waals surface area (Å²) >= 11 is 3.26. The Morgan fingerprint density at radius 3 is 2.61 bits per heavy atom. The molecular weight excluding hydrogens is 300 g/mol. The van der Waals surface area contributed by atoms with Crippen LogP contribution in [0.5, 0.6) is 11.5 Å². The maximum atomic E-state index is 10.3. The molecule has 0 aliphatic carbocycles. The molecule has 1 atom stereocenters. The first kappa shape index (κ1) is 11.6. The lowest BCUT2D eigenvalue weighted by atomic mass is 10.0. The van der Waals surface area contributed by atoms with Crippen LogP contribution in [0.15, 0.2) is 39.6 Å². The molecule has 2 aromatic rings. The minimum atomic E-state index is -0.756. The minimum absolute atomic E-state index is 0.530. The molecule has 94 valence electrons. The van der Waals surface area contributed by atoms with Gasteiger partial charge in [-0.2, -0.15) is 0 Å². The van der Waals surface area contributed by atoms with Gasteiger partial charge in [0, 0.05) is 5.56 Å². The second-order valence-electron chi connectivity index (χ2n) is 3.96. The van der Waals surface area contributed by atoms with E-state index >= 15 is 0 Å². The maximum absolute atomic E-state index is 10.3. The average molecular weight is 311 g/mol. The standard InChI is InChI=1S/C13H11BrO4/c14-13-9(3-4-18-13)12(15)8-1-2-10-11(7-8)17-6-5-16-10/h1-4,7,12,15H,5-6H2. The van der Waals surface area contributed by atoms with Crippen molar-refractivity contribution in [2.75, 3.05) is 13.2 Å². The van der Waals surface area contributed by atoms with Gasteiger partial charge < -0.3 is 19.0 Å². The molecule has 0 radical (unpaired) electrons. The number of rotatable bonds is 2. The van der Waals surface area contributed by atoms with Crippen molar-refractivity contribution < 1.29 is 19.0 Å². The van der Waals surface area contributed by atoms with Gasteiger partial charge >= 0.3 is 0 Å². The number of halogens is 1. The minimum Gasteiger partial charge on any atom is -0.486 e. The van der Waals surface area contributed by atoms with Crippen LogP contribution in [-0.2, 0) is 0 Å². The number of aliphatic hydroxyl groups is 1. The fourth-order valence-corrected chi connectivity index (χ4v) is 2.37. The van der Waals surface area contributed by atoms with E-state index in [9.17, 15) is 5.11 Å². The molecule has 3 rings (SSSR count). The number of ether oxygens (including phenoxy) is 2. The summed E-state index contributed by atoms with van der Waals surface area (Å²) in [6, 6.07) is 7.14. The van der Waals surface area contributed by atoms with Gasteiger partial charge in [-0.1, -0.05) is 6.07 Å². The van der Waals surface area contributed by atoms with Crippen molar-refractivity contribution >= 4 is 15.9 Å². The molecule has 2 heterocycles. The predicted molar refractivity (Wildman–Crippen MR) is 67.9 cm³/mol. The molecule has 4 nitrogen and oxygen atoms in total. The van der Waals surface area contributed by atoms with Crippen molar-refractivity contribution in [1.29, 1.82) is 0 Å². The summed E-state index contributed by atoms with van der Waals surface area (Å²) in [6.07, 6.45) is 0.773. The first-order valence-electron chi connectivity index (χ1n) is 5.56. The van der Waals surface area contributed by atoms with Crippen LogP contribution >= 0.6 is 15.9 Å². The van der Waals surface area contributed by atoms with Crippen molar-refractivity contribution in [3.63, 3.8) is 0 Å². The number of benzene rings is 1. The zero-order chi connectivity index (χ0) is 12.5. The molecule has 1 N–H and O–H groups in total. The quantitative estimate of drug-likeness (QED) is 0.926. The average Bonchev–Trinajstić information content (AvgIpc) is 2.83. The van der Waals surface area contributed by atoms with Gasteiger partial charge in [-0.15, -0.1) is 0 Å². The molecule has 0 bridgehead atoms. The van der Waals surface area contributed by atoms with Crippen molar-refractivity contribution in [2.24, 2.45) is 0 Å². The van der Waals surface area contributed by atoms with Crippen LogP contribution in [0.1, 0.15) is 17.2 Å². The Balaban J connectivity index is 1.95. The number of furan rings is 1. The number of hydrogen-bond acceptors (Lipinski definition) is 4. The van der Waals surface area contributed by atoms with Crippen LogP contribution in [0.2, 0.25) is 0 Å². The van der Waals surface area contributed by atoms with Crippen molar-refractivity contribution in [3.8, 4) is 11.5 Å². The van der Waals surface area contributed by atoms with E-state index < -0.39 is 6.10 Å². The lowest BCUT2D eigenvalue weighted by Gasteiger charge is -2.20. The Hall–Kier alpha value is -1.46. The summed E-state index contributed by atoms with van der Waals surface area (Å²) in [7, 11) is 0. The van der Waals surface area contributed by atoms with E-state index in [1.54, 1.807) is 18.2 Å². The molecule has 0 saturated heterocycles. The highest BCUT2D eigenvalue weighted by Gasteiger charge is 2.19. The van der Waals surface area contributed by atoms with Crippen molar-refractivity contribution in [1.82, 2.24) is 0 Å². The van der Waals surface area contributed by atoms with Crippen molar-refractivity contribution in [2.45, 2.75) is 6.10 Å². The lowest BCUT2D eigenvalue weighted by molar-refractivity contribution is 0.169. The van der Waals surface area contributed by atoms with E-state index in [1.807, 2.05) is 6.07 Å². The topological polar surface area (TPSA) is 51.8 Å². The Kier molecular flexibility index (Phi) is 3.01. The van der Waals surface area contributed by atoms with E-state index in [0.29, 0.717) is 34.9 Å². The van der Waals surface area contributed by atoms with Crippen LogP contribution in [0, 0.1) is 0 Å². The molecule has 1 aromatic carbocycles. The smallest absolute Gasteiger partial charge is 0.175 e. The van der Waals surface area contributed by atoms with Gasteiger partial charge in [-0.3, -0.25) is 0 Å². The van der Waals surface area contributed by atoms with E-state index in [2.05, 4.69) is 15.9 Å². The summed E-state index contributed by atoms with van der Waals surface area (Å²) in [5.41, 5.74) is 1.42. The molecular formula is C13H11BrO4. The highest BCUT2D eigenvalue weighted by molar-refractivity contribution is 9.10. The Bertz CT molecular complexity index is 564. The van der Waals surface area contributed by atoms with Crippen molar-refractivity contribution in [3.05, 3.63) is 46.3 Å². The third-order valence-corrected chi connectivity index (χ3v) is 3.47. The number of hydrogen-bond donors (Lipinski definition) is 1. The van der Waals surface area contributed by atoms with Gasteiger partial charge in [0.2, 0.25) is 0 Å². The van der Waals surface area contributed by atoms with E-state index in [4.69, 9.17) is 13.9 Å². The SMILES string of the molecule is OC(c1ccc2c(c1)OCCO2)c1ccoc1Br. The summed E-state index contributed by atoms with van der Waals surface area (Å²) < 4.78 is 16.6. The van der Waals surface area contributed by atoms with E-state index in [0.717, 1.165) is 5.56 Å². The van der Waals surface area contributed by atoms with Crippen LogP contribution in [0.3, 0.4) is 0 Å². The van der Waals surface area contributed by atoms with Gasteiger partial charge in [0.15, 0.2) is 16.2 Å². The Labute approximate surface area is 112 Å². The third kappa shape index (κ3) is 2.00. The Morgan fingerprint density at radius 2 is 1.89 bits per heavy atom. The molecule has 0 saturated carbocycles. The second kappa shape index (κ2) is 4.66. The van der Waals surface area contributed by atoms with E-state index in [1.165, 1.54) is 6.26 Å². The first-order chi connectivity index (χ1) is 8.75. The molecule has 5 heteroatoms. The van der Waals surface area contributed by atoms with E-state index in [-0.39, 0.29) is 0 Å². The monoisotopic (exact) mass is 310 g/mol. The van der Waals surface area contributed by atoms with Gasteiger partial charge in [0.25, 0.3) is 0 Å². The molecule has 0 amide bonds. The molecule has 1 unspecified atom stereocenters. The lowest BCUT2D eigenvalue weighted by Crippen LogP contribution is -2.15. The van der Waals surface area contributed by atoms with Crippen LogP contribution in [-0.4, -0.2) is 18.3 Å². The van der Waals surface area contributed by atoms with Gasteiger partial charge in [0.05, 0.1) is 6.26 Å². The fraction of sp³-hybridized carbons (Fsp3) is 0.231. The highest BCUT2D eigenvalue weighted by atomic mass is 79.9. The summed E-state index contributed by atoms with van der Waals surface area (Å²) in [6.45, 7) is 1.09. The zero-order valence-electron chi connectivity index (χ0n) is 9.43. The third-order valence-electron chi connectivity index (χ3n) is 2.82. The predicted octanol–water partition coefficient (Wildman–Crippen LogP) is 2.90. The fourth-order valence-electron chi connectivity index (χ4n) is 1.91. The molecule has 1 aliphatic heterocycles. The van der Waals surface area contributed by atoms with Crippen LogP contribution < -0.4 is 9.47 Å². The number of fused-ring (bicyclic) bond motifs is 1. The summed E-state index contributed by atoms with van der Waals surface area (Å²) in [5.74, 6) is 1.38. The van der Waals surface area contributed by atoms with Gasteiger partial charge in [-0.05, 0) is 39.7 Å². The van der Waals surface area contributed by atoms with Crippen LogP contribution in [0.4, 0.5) is 0 Å². The normalized spacial score (nSPS) is 15.4. The van der Waals surface area contributed by atoms with Crippen LogP contribution in [0.25, 0.3) is 0 Å². The van der Waals surface area contributed by atoms with Gasteiger partial charge in [0.1, 0.15) is 19.3 Å². The second-order valence-corrected chi connectivity index (χ2v) is 4.68.